The first-order chi connectivity index (χ1) is 19.5. The van der Waals surface area contributed by atoms with Crippen molar-refractivity contribution in [2.75, 3.05) is 49.8 Å². The van der Waals surface area contributed by atoms with Gasteiger partial charge in [0.2, 0.25) is 11.9 Å². The number of amides is 1. The van der Waals surface area contributed by atoms with Gasteiger partial charge in [0, 0.05) is 56.3 Å². The fourth-order valence-corrected chi connectivity index (χ4v) is 4.42. The summed E-state index contributed by atoms with van der Waals surface area (Å²) in [6.45, 7) is 5.47. The van der Waals surface area contributed by atoms with E-state index in [1.807, 2.05) is 23.7 Å². The van der Waals surface area contributed by atoms with Crippen LogP contribution in [0.15, 0.2) is 55.4 Å². The maximum atomic E-state index is 13.5. The van der Waals surface area contributed by atoms with E-state index in [2.05, 4.69) is 37.0 Å². The Morgan fingerprint density at radius 3 is 2.73 bits per heavy atom. The van der Waals surface area contributed by atoms with Gasteiger partial charge in [-0.15, -0.1) is 13.2 Å². The van der Waals surface area contributed by atoms with Crippen molar-refractivity contribution < 1.29 is 22.7 Å². The van der Waals surface area contributed by atoms with Crippen LogP contribution >= 0.6 is 0 Å². The Hall–Kier alpha value is -4.39. The molecule has 3 heterocycles. The topological polar surface area (TPSA) is 100 Å². The van der Waals surface area contributed by atoms with Crippen molar-refractivity contribution in [1.29, 1.82) is 0 Å². The van der Waals surface area contributed by atoms with Gasteiger partial charge in [-0.05, 0) is 45.5 Å². The molecule has 0 saturated heterocycles. The lowest BCUT2D eigenvalue weighted by molar-refractivity contribution is -0.274. The molecule has 218 valence electrons. The monoisotopic (exact) mass is 570 g/mol. The summed E-state index contributed by atoms with van der Waals surface area (Å²) >= 11 is 0. The Kier molecular flexibility index (Phi) is 9.28. The molecule has 0 fully saturated rings. The minimum atomic E-state index is -4.96. The summed E-state index contributed by atoms with van der Waals surface area (Å²) in [5.41, 5.74) is 3.02. The van der Waals surface area contributed by atoms with Crippen LogP contribution in [0, 0.1) is 0 Å². The highest BCUT2D eigenvalue weighted by Crippen LogP contribution is 2.40. The van der Waals surface area contributed by atoms with Gasteiger partial charge in [-0.2, -0.15) is 5.10 Å². The van der Waals surface area contributed by atoms with Crippen LogP contribution < -0.4 is 20.3 Å². The summed E-state index contributed by atoms with van der Waals surface area (Å²) in [7, 11) is 5.49. The largest absolute Gasteiger partial charge is 0.573 e. The molecule has 13 heteroatoms. The summed E-state index contributed by atoms with van der Waals surface area (Å²) in [5, 5.41) is 10.0. The number of nitrogens with zero attached hydrogens (tertiary/aromatic N) is 6. The molecule has 41 heavy (non-hydrogen) atoms. The molecule has 1 amide bonds. The van der Waals surface area contributed by atoms with Crippen molar-refractivity contribution in [3.63, 3.8) is 0 Å². The van der Waals surface area contributed by atoms with Crippen molar-refractivity contribution in [3.05, 3.63) is 61.1 Å². The number of aryl methyl sites for hydroxylation is 1. The standard InChI is InChI=1S/C28H33F3N8O2/c1-5-6-10-26(40)34-21-16-22(25(41-28(29,30)31)17-24(21)38(4)15-14-37(2)3)36-27-32-12-11-20(35-27)19-18-33-39-13-8-7-9-23(19)39/h5-6,10-12,16-18H,1,7-9,13-15H2,2-4H3,(H,34,40)(H,32,35,36)/b10-6+. The smallest absolute Gasteiger partial charge is 0.403 e. The number of fused-ring (bicyclic) bond motifs is 1. The number of benzene rings is 1. The predicted molar refractivity (Wildman–Crippen MR) is 152 cm³/mol. The SMILES string of the molecule is C=C/C=C/C(=O)Nc1cc(Nc2nccc(-c3cnn4c3CCCC4)n2)c(OC(F)(F)F)cc1N(C)CCN(C)C. The normalized spacial score (nSPS) is 13.2. The molecule has 1 aliphatic heterocycles. The van der Waals surface area contributed by atoms with Crippen molar-refractivity contribution in [1.82, 2.24) is 24.6 Å². The molecule has 2 aromatic heterocycles. The van der Waals surface area contributed by atoms with Gasteiger partial charge >= 0.3 is 6.36 Å². The molecule has 0 atom stereocenters. The van der Waals surface area contributed by atoms with Gasteiger partial charge in [0.1, 0.15) is 0 Å². The minimum absolute atomic E-state index is 0.0582. The number of rotatable bonds is 11. The summed E-state index contributed by atoms with van der Waals surface area (Å²) in [6, 6.07) is 4.33. The zero-order valence-corrected chi connectivity index (χ0v) is 23.2. The first-order valence-corrected chi connectivity index (χ1v) is 13.1. The lowest BCUT2D eigenvalue weighted by Gasteiger charge is -2.26. The second-order valence-electron chi connectivity index (χ2n) is 9.80. The first-order valence-electron chi connectivity index (χ1n) is 13.1. The minimum Gasteiger partial charge on any atom is -0.403 e. The van der Waals surface area contributed by atoms with Gasteiger partial charge in [0.15, 0.2) is 5.75 Å². The fraction of sp³-hybridized carbons (Fsp3) is 0.357. The van der Waals surface area contributed by atoms with Crippen LogP contribution in [-0.4, -0.2) is 71.2 Å². The van der Waals surface area contributed by atoms with Crippen LogP contribution in [0.1, 0.15) is 18.5 Å². The highest BCUT2D eigenvalue weighted by atomic mass is 19.4. The fourth-order valence-electron chi connectivity index (χ4n) is 4.42. The van der Waals surface area contributed by atoms with Crippen molar-refractivity contribution in [2.45, 2.75) is 32.2 Å². The molecular formula is C28H33F3N8O2. The van der Waals surface area contributed by atoms with E-state index in [-0.39, 0.29) is 17.3 Å². The average molecular weight is 571 g/mol. The molecule has 1 aromatic carbocycles. The number of halogens is 3. The lowest BCUT2D eigenvalue weighted by atomic mass is 10.0. The molecule has 0 unspecified atom stereocenters. The van der Waals surface area contributed by atoms with Crippen molar-refractivity contribution in [2.24, 2.45) is 0 Å². The van der Waals surface area contributed by atoms with E-state index >= 15 is 0 Å². The molecule has 3 aromatic rings. The van der Waals surface area contributed by atoms with E-state index in [1.54, 1.807) is 24.2 Å². The van der Waals surface area contributed by atoms with Gasteiger partial charge in [-0.1, -0.05) is 18.7 Å². The van der Waals surface area contributed by atoms with E-state index in [9.17, 15) is 18.0 Å². The molecule has 4 rings (SSSR count). The molecular weight excluding hydrogens is 537 g/mol. The second kappa shape index (κ2) is 12.9. The van der Waals surface area contributed by atoms with Gasteiger partial charge in [0.05, 0.1) is 29.0 Å². The van der Waals surface area contributed by atoms with E-state index in [4.69, 9.17) is 0 Å². The molecule has 10 nitrogen and oxygen atoms in total. The zero-order chi connectivity index (χ0) is 29.6. The molecule has 0 radical (unpaired) electrons. The quantitative estimate of drug-likeness (QED) is 0.246. The third-order valence-electron chi connectivity index (χ3n) is 6.42. The number of alkyl halides is 3. The number of anilines is 4. The third kappa shape index (κ3) is 7.84. The number of carbonyl (C=O) groups excluding carboxylic acids is 1. The third-order valence-corrected chi connectivity index (χ3v) is 6.42. The Labute approximate surface area is 236 Å². The van der Waals surface area contributed by atoms with Crippen LogP contribution in [0.3, 0.4) is 0 Å². The van der Waals surface area contributed by atoms with Crippen LogP contribution in [-0.2, 0) is 17.8 Å². The zero-order valence-electron chi connectivity index (χ0n) is 23.2. The van der Waals surface area contributed by atoms with Gasteiger partial charge in [-0.25, -0.2) is 9.97 Å². The summed E-state index contributed by atoms with van der Waals surface area (Å²) in [4.78, 5) is 25.0. The number of allylic oxidation sites excluding steroid dienone is 2. The predicted octanol–water partition coefficient (Wildman–Crippen LogP) is 5.00. The molecule has 2 N–H and O–H groups in total. The molecule has 0 bridgehead atoms. The van der Waals surface area contributed by atoms with E-state index in [0.29, 0.717) is 24.5 Å². The van der Waals surface area contributed by atoms with E-state index < -0.39 is 18.0 Å². The number of nitrogens with one attached hydrogen (secondary N) is 2. The van der Waals surface area contributed by atoms with Crippen LogP contribution in [0.5, 0.6) is 5.75 Å². The van der Waals surface area contributed by atoms with Crippen LogP contribution in [0.2, 0.25) is 0 Å². The first kappa shape index (κ1) is 29.6. The van der Waals surface area contributed by atoms with Crippen LogP contribution in [0.4, 0.5) is 36.2 Å². The summed E-state index contributed by atoms with van der Waals surface area (Å²) in [6.07, 6.45) is 5.42. The number of carbonyl (C=O) groups is 1. The number of ether oxygens (including phenoxy) is 1. The maximum Gasteiger partial charge on any atom is 0.573 e. The van der Waals surface area contributed by atoms with Crippen molar-refractivity contribution in [3.8, 4) is 17.0 Å². The van der Waals surface area contributed by atoms with E-state index in [0.717, 1.165) is 37.1 Å². The number of aromatic nitrogens is 4. The second-order valence-corrected chi connectivity index (χ2v) is 9.80. The maximum absolute atomic E-state index is 13.5. The highest BCUT2D eigenvalue weighted by molar-refractivity contribution is 6.02. The number of hydrogen-bond donors (Lipinski definition) is 2. The summed E-state index contributed by atoms with van der Waals surface area (Å²) in [5.74, 6) is -0.921. The Bertz CT molecular complexity index is 1420. The molecule has 1 aliphatic rings. The Morgan fingerprint density at radius 1 is 1.20 bits per heavy atom. The number of hydrogen-bond acceptors (Lipinski definition) is 8. The lowest BCUT2D eigenvalue weighted by Crippen LogP contribution is -2.29. The summed E-state index contributed by atoms with van der Waals surface area (Å²) < 4.78 is 46.9. The van der Waals surface area contributed by atoms with Crippen molar-refractivity contribution >= 4 is 28.9 Å². The highest BCUT2D eigenvalue weighted by Gasteiger charge is 2.33. The number of likely N-dealkylation sites (N-methyl/N-ethyl adjacent to an activating group) is 2. The molecule has 0 spiro atoms. The molecule has 0 aliphatic carbocycles. The molecule has 0 saturated carbocycles. The van der Waals surface area contributed by atoms with Gasteiger partial charge < -0.3 is 25.2 Å². The average Bonchev–Trinajstić information content (AvgIpc) is 3.35. The van der Waals surface area contributed by atoms with Gasteiger partial charge in [-0.3, -0.25) is 9.48 Å². The van der Waals surface area contributed by atoms with Crippen LogP contribution in [0.25, 0.3) is 11.3 Å². The Morgan fingerprint density at radius 2 is 2.00 bits per heavy atom. The van der Waals surface area contributed by atoms with Gasteiger partial charge in [0.25, 0.3) is 0 Å². The van der Waals surface area contributed by atoms with E-state index in [1.165, 1.54) is 36.6 Å². The Balaban J connectivity index is 1.74.